The maximum atomic E-state index is 12.3. The lowest BCUT2D eigenvalue weighted by Gasteiger charge is -2.17. The van der Waals surface area contributed by atoms with Crippen molar-refractivity contribution in [2.24, 2.45) is 0 Å². The van der Waals surface area contributed by atoms with Crippen molar-refractivity contribution < 1.29 is 9.53 Å². The van der Waals surface area contributed by atoms with Crippen molar-refractivity contribution in [2.45, 2.75) is 13.0 Å². The predicted molar refractivity (Wildman–Crippen MR) is 127 cm³/mol. The molecule has 0 aliphatic rings. The van der Waals surface area contributed by atoms with Crippen LogP contribution in [0.25, 0.3) is 0 Å². The highest BCUT2D eigenvalue weighted by atomic mass is 35.5. The normalized spacial score (nSPS) is 11.3. The number of benzene rings is 3. The Balaban J connectivity index is 1.51. The van der Waals surface area contributed by atoms with E-state index in [9.17, 15) is 4.79 Å². The number of carbonyl (C=O) groups excluding carboxylic acids is 1. The van der Waals surface area contributed by atoms with E-state index in [2.05, 4.69) is 16.0 Å². The third kappa shape index (κ3) is 6.35. The Hall–Kier alpha value is -2.80. The molecule has 1 amide bonds. The zero-order valence-electron chi connectivity index (χ0n) is 16.0. The standard InChI is InChI=1S/C22H19Cl2N3O2S/c1-14(29-20-12-7-15(23)13-19(20)24)21(28)27-22(30)26-18-10-8-17(9-11-18)25-16-5-3-2-4-6-16/h2-14,25H,1H3,(H2,26,27,28,30). The van der Waals surface area contributed by atoms with E-state index in [1.54, 1.807) is 25.1 Å². The van der Waals surface area contributed by atoms with Gasteiger partial charge in [-0.15, -0.1) is 0 Å². The third-order valence-electron chi connectivity index (χ3n) is 4.01. The zero-order valence-corrected chi connectivity index (χ0v) is 18.3. The van der Waals surface area contributed by atoms with Gasteiger partial charge in [0.05, 0.1) is 5.02 Å². The van der Waals surface area contributed by atoms with Crippen molar-refractivity contribution in [1.82, 2.24) is 5.32 Å². The van der Waals surface area contributed by atoms with E-state index in [4.69, 9.17) is 40.2 Å². The van der Waals surface area contributed by atoms with Crippen LogP contribution in [0.15, 0.2) is 72.8 Å². The lowest BCUT2D eigenvalue weighted by molar-refractivity contribution is -0.125. The lowest BCUT2D eigenvalue weighted by Crippen LogP contribution is -2.42. The summed E-state index contributed by atoms with van der Waals surface area (Å²) < 4.78 is 5.59. The molecule has 0 fully saturated rings. The molecule has 154 valence electrons. The fraction of sp³-hybridized carbons (Fsp3) is 0.0909. The molecular weight excluding hydrogens is 441 g/mol. The number of rotatable bonds is 6. The Morgan fingerprint density at radius 1 is 0.933 bits per heavy atom. The number of ether oxygens (including phenoxy) is 1. The summed E-state index contributed by atoms with van der Waals surface area (Å²) in [5, 5.41) is 9.86. The van der Waals surface area contributed by atoms with E-state index in [1.165, 1.54) is 0 Å². The van der Waals surface area contributed by atoms with E-state index in [-0.39, 0.29) is 5.11 Å². The highest BCUT2D eigenvalue weighted by Crippen LogP contribution is 2.28. The van der Waals surface area contributed by atoms with Gasteiger partial charge in [-0.05, 0) is 73.7 Å². The minimum absolute atomic E-state index is 0.168. The number of thiocarbonyl (C=S) groups is 1. The molecule has 0 saturated heterocycles. The molecule has 0 aliphatic carbocycles. The maximum Gasteiger partial charge on any atom is 0.266 e. The zero-order chi connectivity index (χ0) is 21.5. The van der Waals surface area contributed by atoms with Gasteiger partial charge in [-0.3, -0.25) is 10.1 Å². The first-order valence-corrected chi connectivity index (χ1v) is 10.2. The molecule has 0 aromatic heterocycles. The number of halogens is 2. The Kier molecular flexibility index (Phi) is 7.52. The molecule has 0 heterocycles. The van der Waals surface area contributed by atoms with E-state index in [0.29, 0.717) is 15.8 Å². The second-order valence-corrected chi connectivity index (χ2v) is 7.60. The van der Waals surface area contributed by atoms with Gasteiger partial charge in [0.15, 0.2) is 11.2 Å². The van der Waals surface area contributed by atoms with Crippen LogP contribution in [0.3, 0.4) is 0 Å². The smallest absolute Gasteiger partial charge is 0.266 e. The van der Waals surface area contributed by atoms with Gasteiger partial charge in [0.1, 0.15) is 5.75 Å². The van der Waals surface area contributed by atoms with E-state index >= 15 is 0 Å². The van der Waals surface area contributed by atoms with Crippen LogP contribution in [0.5, 0.6) is 5.75 Å². The number of amides is 1. The molecule has 8 heteroatoms. The second-order valence-electron chi connectivity index (χ2n) is 6.35. The molecule has 0 saturated carbocycles. The van der Waals surface area contributed by atoms with Crippen LogP contribution in [0.2, 0.25) is 10.0 Å². The number of nitrogens with one attached hydrogen (secondary N) is 3. The Morgan fingerprint density at radius 3 is 2.23 bits per heavy atom. The van der Waals surface area contributed by atoms with Crippen LogP contribution in [0.1, 0.15) is 6.92 Å². The summed E-state index contributed by atoms with van der Waals surface area (Å²) in [5.74, 6) is -0.0371. The molecule has 5 nitrogen and oxygen atoms in total. The van der Waals surface area contributed by atoms with Gasteiger partial charge in [0.25, 0.3) is 5.91 Å². The fourth-order valence-corrected chi connectivity index (χ4v) is 3.19. The van der Waals surface area contributed by atoms with Crippen LogP contribution in [-0.2, 0) is 4.79 Å². The average Bonchev–Trinajstić information content (AvgIpc) is 2.72. The van der Waals surface area contributed by atoms with Crippen LogP contribution in [0.4, 0.5) is 17.1 Å². The summed E-state index contributed by atoms with van der Waals surface area (Å²) in [5.41, 5.74) is 2.67. The van der Waals surface area contributed by atoms with Crippen LogP contribution >= 0.6 is 35.4 Å². The van der Waals surface area contributed by atoms with Gasteiger partial charge < -0.3 is 15.4 Å². The Labute approximate surface area is 190 Å². The molecule has 3 N–H and O–H groups in total. The summed E-state index contributed by atoms with van der Waals surface area (Å²) in [6, 6.07) is 22.2. The number of anilines is 3. The van der Waals surface area contributed by atoms with Crippen molar-refractivity contribution in [2.75, 3.05) is 10.6 Å². The summed E-state index contributed by atoms with van der Waals surface area (Å²) >= 11 is 17.2. The quantitative estimate of drug-likeness (QED) is 0.393. The van der Waals surface area contributed by atoms with Crippen LogP contribution in [-0.4, -0.2) is 17.1 Å². The first-order valence-electron chi connectivity index (χ1n) is 9.06. The monoisotopic (exact) mass is 459 g/mol. The molecule has 3 aromatic carbocycles. The highest BCUT2D eigenvalue weighted by molar-refractivity contribution is 7.80. The van der Waals surface area contributed by atoms with Gasteiger partial charge in [0.2, 0.25) is 0 Å². The summed E-state index contributed by atoms with van der Waals surface area (Å²) in [4.78, 5) is 12.3. The predicted octanol–water partition coefficient (Wildman–Crippen LogP) is 6.02. The molecular formula is C22H19Cl2N3O2S. The lowest BCUT2D eigenvalue weighted by atomic mass is 10.2. The van der Waals surface area contributed by atoms with Crippen molar-refractivity contribution >= 4 is 63.5 Å². The Morgan fingerprint density at radius 2 is 1.57 bits per heavy atom. The molecule has 3 rings (SSSR count). The first kappa shape index (κ1) is 21.9. The van der Waals surface area contributed by atoms with Gasteiger partial charge in [-0.25, -0.2) is 0 Å². The van der Waals surface area contributed by atoms with Crippen LogP contribution in [0, 0.1) is 0 Å². The first-order chi connectivity index (χ1) is 14.4. The number of carbonyl (C=O) groups is 1. The maximum absolute atomic E-state index is 12.3. The molecule has 0 radical (unpaired) electrons. The fourth-order valence-electron chi connectivity index (χ4n) is 2.52. The number of para-hydroxylation sites is 1. The van der Waals surface area contributed by atoms with Crippen LogP contribution < -0.4 is 20.7 Å². The van der Waals surface area contributed by atoms with Gasteiger partial charge in [-0.2, -0.15) is 0 Å². The largest absolute Gasteiger partial charge is 0.479 e. The van der Waals surface area contributed by atoms with Crippen molar-refractivity contribution in [3.63, 3.8) is 0 Å². The number of hydrogen-bond acceptors (Lipinski definition) is 4. The van der Waals surface area contributed by atoms with Crippen molar-refractivity contribution in [3.8, 4) is 5.75 Å². The topological polar surface area (TPSA) is 62.4 Å². The minimum Gasteiger partial charge on any atom is -0.479 e. The summed E-state index contributed by atoms with van der Waals surface area (Å²) in [6.45, 7) is 1.60. The van der Waals surface area contributed by atoms with Gasteiger partial charge >= 0.3 is 0 Å². The van der Waals surface area contributed by atoms with Crippen molar-refractivity contribution in [3.05, 3.63) is 82.8 Å². The molecule has 0 bridgehead atoms. The second kappa shape index (κ2) is 10.3. The SMILES string of the molecule is CC(Oc1ccc(Cl)cc1Cl)C(=O)NC(=S)Nc1ccc(Nc2ccccc2)cc1. The van der Waals surface area contributed by atoms with Gasteiger partial charge in [0, 0.05) is 22.1 Å². The van der Waals surface area contributed by atoms with E-state index in [0.717, 1.165) is 17.1 Å². The molecule has 0 spiro atoms. The number of hydrogen-bond donors (Lipinski definition) is 3. The highest BCUT2D eigenvalue weighted by Gasteiger charge is 2.17. The Bertz CT molecular complexity index is 1030. The van der Waals surface area contributed by atoms with E-state index < -0.39 is 12.0 Å². The van der Waals surface area contributed by atoms with E-state index in [1.807, 2.05) is 54.6 Å². The molecule has 3 aromatic rings. The molecule has 30 heavy (non-hydrogen) atoms. The summed E-state index contributed by atoms with van der Waals surface area (Å²) in [7, 11) is 0. The van der Waals surface area contributed by atoms with Crippen molar-refractivity contribution in [1.29, 1.82) is 0 Å². The van der Waals surface area contributed by atoms with Gasteiger partial charge in [-0.1, -0.05) is 41.4 Å². The summed E-state index contributed by atoms with van der Waals surface area (Å²) in [6.07, 6.45) is -0.805. The molecule has 1 atom stereocenters. The molecule has 1 unspecified atom stereocenters. The third-order valence-corrected chi connectivity index (χ3v) is 4.74. The average molecular weight is 460 g/mol. The molecule has 0 aliphatic heterocycles. The minimum atomic E-state index is -0.805.